The minimum Gasteiger partial charge on any atom is -0.507 e. The molecular weight excluding hydrogens is 230 g/mol. The molecule has 0 bridgehead atoms. The molecule has 3 heteroatoms. The average Bonchev–Trinajstić information content (AvgIpc) is 2.09. The number of hydrogen-bond donors (Lipinski definition) is 2. The maximum Gasteiger partial charge on any atom is 0.130 e. The summed E-state index contributed by atoms with van der Waals surface area (Å²) < 4.78 is 0.779. The Labute approximate surface area is 86.1 Å². The summed E-state index contributed by atoms with van der Waals surface area (Å²) >= 11 is 3.32. The highest BCUT2D eigenvalue weighted by molar-refractivity contribution is 9.10. The lowest BCUT2D eigenvalue weighted by Crippen LogP contribution is -2.27. The molecule has 70 valence electrons. The molecule has 2 nitrogen and oxygen atoms in total. The third-order valence-electron chi connectivity index (χ3n) is 2.52. The molecule has 1 aliphatic heterocycles. The van der Waals surface area contributed by atoms with E-state index in [9.17, 15) is 5.11 Å². The Morgan fingerprint density at radius 1 is 1.54 bits per heavy atom. The van der Waals surface area contributed by atoms with Crippen LogP contribution in [0.3, 0.4) is 0 Å². The van der Waals surface area contributed by atoms with Crippen LogP contribution < -0.4 is 5.32 Å². The van der Waals surface area contributed by atoms with Crippen LogP contribution in [-0.2, 0) is 6.42 Å². The third-order valence-corrected chi connectivity index (χ3v) is 3.16. The van der Waals surface area contributed by atoms with Gasteiger partial charge in [-0.1, -0.05) is 0 Å². The minimum atomic E-state index is 0.341. The fourth-order valence-electron chi connectivity index (χ4n) is 1.77. The predicted octanol–water partition coefficient (Wildman–Crippen LogP) is 2.36. The van der Waals surface area contributed by atoms with Crippen molar-refractivity contribution >= 4 is 15.9 Å². The standard InChI is InChI=1S/C10H12BrNO/c1-6-8-5-9(11)10(13)4-7(8)2-3-12-6/h4-6,12-13H,2-3H2,1H3. The van der Waals surface area contributed by atoms with Gasteiger partial charge in [-0.15, -0.1) is 0 Å². The van der Waals surface area contributed by atoms with E-state index in [2.05, 4.69) is 28.2 Å². The maximum absolute atomic E-state index is 9.49. The first-order valence-corrected chi connectivity index (χ1v) is 5.22. The lowest BCUT2D eigenvalue weighted by atomic mass is 9.95. The number of halogens is 1. The van der Waals surface area contributed by atoms with E-state index in [0.29, 0.717) is 11.8 Å². The van der Waals surface area contributed by atoms with Crippen LogP contribution >= 0.6 is 15.9 Å². The lowest BCUT2D eigenvalue weighted by Gasteiger charge is -2.24. The van der Waals surface area contributed by atoms with Crippen molar-refractivity contribution in [1.82, 2.24) is 5.32 Å². The molecule has 1 aliphatic rings. The van der Waals surface area contributed by atoms with Crippen LogP contribution in [0.25, 0.3) is 0 Å². The molecule has 1 heterocycles. The molecular formula is C10H12BrNO. The smallest absolute Gasteiger partial charge is 0.130 e. The van der Waals surface area contributed by atoms with Gasteiger partial charge < -0.3 is 10.4 Å². The lowest BCUT2D eigenvalue weighted by molar-refractivity contribution is 0.467. The molecule has 0 radical (unpaired) electrons. The molecule has 1 atom stereocenters. The molecule has 0 saturated carbocycles. The van der Waals surface area contributed by atoms with Crippen LogP contribution in [0.5, 0.6) is 5.75 Å². The van der Waals surface area contributed by atoms with Crippen molar-refractivity contribution < 1.29 is 5.11 Å². The Hall–Kier alpha value is -0.540. The van der Waals surface area contributed by atoms with Crippen LogP contribution in [0.4, 0.5) is 0 Å². The first-order chi connectivity index (χ1) is 6.18. The second-order valence-corrected chi connectivity index (χ2v) is 4.28. The normalized spacial score (nSPS) is 21.2. The highest BCUT2D eigenvalue weighted by Gasteiger charge is 2.17. The van der Waals surface area contributed by atoms with Gasteiger partial charge >= 0.3 is 0 Å². The number of benzene rings is 1. The number of hydrogen-bond acceptors (Lipinski definition) is 2. The van der Waals surface area contributed by atoms with Gasteiger partial charge in [0.15, 0.2) is 0 Å². The van der Waals surface area contributed by atoms with Crippen molar-refractivity contribution in [3.8, 4) is 5.75 Å². The highest BCUT2D eigenvalue weighted by atomic mass is 79.9. The van der Waals surface area contributed by atoms with Crippen LogP contribution in [0.2, 0.25) is 0 Å². The summed E-state index contributed by atoms with van der Waals surface area (Å²) in [5, 5.41) is 12.9. The van der Waals surface area contributed by atoms with E-state index in [1.54, 1.807) is 0 Å². The molecule has 0 fully saturated rings. The first kappa shape index (κ1) is 9.03. The Morgan fingerprint density at radius 3 is 3.08 bits per heavy atom. The highest BCUT2D eigenvalue weighted by Crippen LogP contribution is 2.32. The van der Waals surface area contributed by atoms with Crippen molar-refractivity contribution in [1.29, 1.82) is 0 Å². The Morgan fingerprint density at radius 2 is 2.31 bits per heavy atom. The van der Waals surface area contributed by atoms with Gasteiger partial charge in [0.05, 0.1) is 4.47 Å². The Bertz CT molecular complexity index is 338. The summed E-state index contributed by atoms with van der Waals surface area (Å²) in [6.45, 7) is 3.14. The Kier molecular flexibility index (Phi) is 2.30. The molecule has 0 aliphatic carbocycles. The molecule has 0 saturated heterocycles. The zero-order valence-corrected chi connectivity index (χ0v) is 9.06. The monoisotopic (exact) mass is 241 g/mol. The topological polar surface area (TPSA) is 32.3 Å². The quantitative estimate of drug-likeness (QED) is 0.731. The van der Waals surface area contributed by atoms with Crippen molar-refractivity contribution in [3.05, 3.63) is 27.7 Å². The van der Waals surface area contributed by atoms with E-state index in [1.807, 2.05) is 12.1 Å². The molecule has 0 spiro atoms. The summed E-state index contributed by atoms with van der Waals surface area (Å²) in [4.78, 5) is 0. The van der Waals surface area contributed by atoms with Gasteiger partial charge in [0.2, 0.25) is 0 Å². The summed E-state index contributed by atoms with van der Waals surface area (Å²) in [7, 11) is 0. The zero-order chi connectivity index (χ0) is 9.42. The van der Waals surface area contributed by atoms with Crippen LogP contribution in [0.15, 0.2) is 16.6 Å². The second-order valence-electron chi connectivity index (χ2n) is 3.43. The number of fused-ring (bicyclic) bond motifs is 1. The van der Waals surface area contributed by atoms with Gasteiger partial charge in [-0.3, -0.25) is 0 Å². The van der Waals surface area contributed by atoms with Gasteiger partial charge in [0.1, 0.15) is 5.75 Å². The van der Waals surface area contributed by atoms with E-state index in [0.717, 1.165) is 17.4 Å². The first-order valence-electron chi connectivity index (χ1n) is 4.43. The molecule has 1 unspecified atom stereocenters. The summed E-state index contributed by atoms with van der Waals surface area (Å²) in [6, 6.07) is 4.25. The zero-order valence-electron chi connectivity index (χ0n) is 7.47. The fourth-order valence-corrected chi connectivity index (χ4v) is 2.13. The van der Waals surface area contributed by atoms with Gasteiger partial charge in [0, 0.05) is 6.04 Å². The minimum absolute atomic E-state index is 0.341. The second kappa shape index (κ2) is 3.31. The van der Waals surface area contributed by atoms with Crippen LogP contribution in [-0.4, -0.2) is 11.7 Å². The van der Waals surface area contributed by atoms with E-state index >= 15 is 0 Å². The van der Waals surface area contributed by atoms with Crippen LogP contribution in [0, 0.1) is 0 Å². The fraction of sp³-hybridized carbons (Fsp3) is 0.400. The average molecular weight is 242 g/mol. The van der Waals surface area contributed by atoms with Gasteiger partial charge in [-0.25, -0.2) is 0 Å². The number of aromatic hydroxyl groups is 1. The number of rotatable bonds is 0. The van der Waals surface area contributed by atoms with Crippen molar-refractivity contribution in [3.63, 3.8) is 0 Å². The molecule has 2 N–H and O–H groups in total. The maximum atomic E-state index is 9.49. The number of phenols is 1. The van der Waals surface area contributed by atoms with Gasteiger partial charge in [-0.2, -0.15) is 0 Å². The third kappa shape index (κ3) is 1.58. The molecule has 13 heavy (non-hydrogen) atoms. The van der Waals surface area contributed by atoms with Gasteiger partial charge in [-0.05, 0) is 59.1 Å². The van der Waals surface area contributed by atoms with E-state index in [-0.39, 0.29) is 0 Å². The van der Waals surface area contributed by atoms with Crippen molar-refractivity contribution in [2.24, 2.45) is 0 Å². The van der Waals surface area contributed by atoms with Gasteiger partial charge in [0.25, 0.3) is 0 Å². The van der Waals surface area contributed by atoms with E-state index in [1.165, 1.54) is 11.1 Å². The summed E-state index contributed by atoms with van der Waals surface area (Å²) in [5.74, 6) is 0.341. The molecule has 2 rings (SSSR count). The molecule has 1 aromatic rings. The summed E-state index contributed by atoms with van der Waals surface area (Å²) in [6.07, 6.45) is 1.00. The van der Waals surface area contributed by atoms with Crippen molar-refractivity contribution in [2.75, 3.05) is 6.54 Å². The molecule has 1 aromatic carbocycles. The summed E-state index contributed by atoms with van der Waals surface area (Å²) in [5.41, 5.74) is 2.54. The molecule has 0 amide bonds. The molecule has 0 aromatic heterocycles. The van der Waals surface area contributed by atoms with Crippen molar-refractivity contribution in [2.45, 2.75) is 19.4 Å². The van der Waals surface area contributed by atoms with E-state index < -0.39 is 0 Å². The SMILES string of the molecule is CC1NCCc2cc(O)c(Br)cc21. The largest absolute Gasteiger partial charge is 0.507 e. The number of nitrogens with one attached hydrogen (secondary N) is 1. The van der Waals surface area contributed by atoms with E-state index in [4.69, 9.17) is 0 Å². The number of phenolic OH excluding ortho intramolecular Hbond substituents is 1. The van der Waals surface area contributed by atoms with Crippen LogP contribution in [0.1, 0.15) is 24.1 Å². The Balaban J connectivity index is 2.52. The predicted molar refractivity (Wildman–Crippen MR) is 55.9 cm³/mol.